The third kappa shape index (κ3) is 5.80. The summed E-state index contributed by atoms with van der Waals surface area (Å²) in [6.07, 6.45) is 6.22. The summed E-state index contributed by atoms with van der Waals surface area (Å²) < 4.78 is 0. The van der Waals surface area contributed by atoms with E-state index in [1.807, 2.05) is 24.2 Å². The molecule has 1 N–H and O–H groups in total. The van der Waals surface area contributed by atoms with Gasteiger partial charge in [-0.05, 0) is 44.2 Å². The lowest BCUT2D eigenvalue weighted by atomic mass is 10.2. The highest BCUT2D eigenvalue weighted by Crippen LogP contribution is 2.17. The van der Waals surface area contributed by atoms with E-state index in [-0.39, 0.29) is 0 Å². The molecule has 84 valence electrons. The summed E-state index contributed by atoms with van der Waals surface area (Å²) in [6.45, 7) is 5.47. The van der Waals surface area contributed by atoms with Crippen LogP contribution in [0.15, 0.2) is 29.4 Å². The molecule has 0 saturated carbocycles. The first kappa shape index (κ1) is 12.5. The molecule has 1 rings (SSSR count). The third-order valence-electron chi connectivity index (χ3n) is 2.25. The molecule has 1 atom stereocenters. The van der Waals surface area contributed by atoms with Gasteiger partial charge in [-0.1, -0.05) is 6.92 Å². The zero-order valence-electron chi connectivity index (χ0n) is 9.57. The van der Waals surface area contributed by atoms with Gasteiger partial charge >= 0.3 is 0 Å². The summed E-state index contributed by atoms with van der Waals surface area (Å²) in [5.41, 5.74) is 0. The topological polar surface area (TPSA) is 24.9 Å². The van der Waals surface area contributed by atoms with Gasteiger partial charge in [0.2, 0.25) is 0 Å². The first-order chi connectivity index (χ1) is 7.33. The van der Waals surface area contributed by atoms with Gasteiger partial charge in [0.25, 0.3) is 0 Å². The number of aromatic nitrogens is 1. The molecule has 2 nitrogen and oxygen atoms in total. The van der Waals surface area contributed by atoms with E-state index in [1.54, 1.807) is 0 Å². The van der Waals surface area contributed by atoms with Crippen LogP contribution in [-0.4, -0.2) is 23.3 Å². The highest BCUT2D eigenvalue weighted by atomic mass is 32.2. The lowest BCUT2D eigenvalue weighted by Gasteiger charge is -2.11. The molecule has 0 saturated heterocycles. The van der Waals surface area contributed by atoms with Crippen molar-refractivity contribution >= 4 is 11.8 Å². The monoisotopic (exact) mass is 224 g/mol. The number of nitrogens with zero attached hydrogens (tertiary/aromatic N) is 1. The molecule has 1 aromatic heterocycles. The van der Waals surface area contributed by atoms with Crippen molar-refractivity contribution in [2.45, 2.75) is 37.6 Å². The summed E-state index contributed by atoms with van der Waals surface area (Å²) in [5.74, 6) is 1.19. The maximum Gasteiger partial charge on any atom is 0.0278 e. The SMILES string of the molecule is CCNC(C)CCCSc1ccncc1. The molecular weight excluding hydrogens is 204 g/mol. The molecule has 0 aromatic carbocycles. The predicted molar refractivity (Wildman–Crippen MR) is 67.3 cm³/mol. The Balaban J connectivity index is 2.07. The van der Waals surface area contributed by atoms with Crippen LogP contribution in [0.2, 0.25) is 0 Å². The van der Waals surface area contributed by atoms with Crippen molar-refractivity contribution in [1.82, 2.24) is 10.3 Å². The van der Waals surface area contributed by atoms with E-state index in [0.717, 1.165) is 6.54 Å². The molecule has 0 bridgehead atoms. The molecule has 1 unspecified atom stereocenters. The van der Waals surface area contributed by atoms with Crippen molar-refractivity contribution < 1.29 is 0 Å². The molecule has 0 aliphatic carbocycles. The number of hydrogen-bond acceptors (Lipinski definition) is 3. The summed E-state index contributed by atoms with van der Waals surface area (Å²) in [6, 6.07) is 4.78. The minimum Gasteiger partial charge on any atom is -0.315 e. The number of pyridine rings is 1. The molecule has 0 aliphatic heterocycles. The quantitative estimate of drug-likeness (QED) is 0.569. The first-order valence-corrected chi connectivity index (χ1v) is 6.57. The summed E-state index contributed by atoms with van der Waals surface area (Å²) in [4.78, 5) is 5.32. The Labute approximate surface area is 96.9 Å². The Morgan fingerprint density at radius 1 is 1.40 bits per heavy atom. The Kier molecular flexibility index (Phi) is 6.44. The predicted octanol–water partition coefficient (Wildman–Crippen LogP) is 2.95. The minimum absolute atomic E-state index is 0.646. The largest absolute Gasteiger partial charge is 0.315 e. The van der Waals surface area contributed by atoms with Crippen LogP contribution in [0.1, 0.15) is 26.7 Å². The van der Waals surface area contributed by atoms with Crippen molar-refractivity contribution in [3.8, 4) is 0 Å². The van der Waals surface area contributed by atoms with E-state index in [1.165, 1.54) is 23.5 Å². The van der Waals surface area contributed by atoms with Crippen LogP contribution in [-0.2, 0) is 0 Å². The van der Waals surface area contributed by atoms with Gasteiger partial charge in [0.05, 0.1) is 0 Å². The highest BCUT2D eigenvalue weighted by Gasteiger charge is 1.99. The fraction of sp³-hybridized carbons (Fsp3) is 0.583. The van der Waals surface area contributed by atoms with Crippen molar-refractivity contribution in [3.63, 3.8) is 0 Å². The number of rotatable bonds is 7. The van der Waals surface area contributed by atoms with Crippen LogP contribution in [0.3, 0.4) is 0 Å². The molecule has 0 fully saturated rings. The molecule has 1 heterocycles. The van der Waals surface area contributed by atoms with E-state index in [4.69, 9.17) is 0 Å². The summed E-state index contributed by atoms with van der Waals surface area (Å²) in [7, 11) is 0. The van der Waals surface area contributed by atoms with E-state index in [2.05, 4.69) is 36.3 Å². The van der Waals surface area contributed by atoms with Gasteiger partial charge in [-0.2, -0.15) is 0 Å². The molecule has 15 heavy (non-hydrogen) atoms. The van der Waals surface area contributed by atoms with Gasteiger partial charge < -0.3 is 5.32 Å². The Morgan fingerprint density at radius 3 is 2.80 bits per heavy atom. The normalized spacial score (nSPS) is 12.7. The molecule has 0 spiro atoms. The summed E-state index contributed by atoms with van der Waals surface area (Å²) >= 11 is 1.91. The van der Waals surface area contributed by atoms with E-state index in [0.29, 0.717) is 6.04 Å². The highest BCUT2D eigenvalue weighted by molar-refractivity contribution is 7.99. The Bertz CT molecular complexity index is 251. The second-order valence-electron chi connectivity index (χ2n) is 3.63. The smallest absolute Gasteiger partial charge is 0.0278 e. The first-order valence-electron chi connectivity index (χ1n) is 5.59. The zero-order chi connectivity index (χ0) is 10.9. The van der Waals surface area contributed by atoms with Crippen LogP contribution in [0.5, 0.6) is 0 Å². The summed E-state index contributed by atoms with van der Waals surface area (Å²) in [5, 5.41) is 3.42. The molecule has 0 aliphatic rings. The van der Waals surface area contributed by atoms with Gasteiger partial charge in [0, 0.05) is 23.3 Å². The Morgan fingerprint density at radius 2 is 2.13 bits per heavy atom. The maximum atomic E-state index is 4.00. The van der Waals surface area contributed by atoms with Crippen molar-refractivity contribution in [1.29, 1.82) is 0 Å². The number of thioether (sulfide) groups is 1. The molecule has 1 aromatic rings. The van der Waals surface area contributed by atoms with Gasteiger partial charge in [0.1, 0.15) is 0 Å². The van der Waals surface area contributed by atoms with Crippen LogP contribution in [0, 0.1) is 0 Å². The van der Waals surface area contributed by atoms with Gasteiger partial charge in [0.15, 0.2) is 0 Å². The number of hydrogen-bond donors (Lipinski definition) is 1. The van der Waals surface area contributed by atoms with Crippen LogP contribution < -0.4 is 5.32 Å². The average Bonchev–Trinajstić information content (AvgIpc) is 2.26. The van der Waals surface area contributed by atoms with E-state index >= 15 is 0 Å². The molecule has 0 radical (unpaired) electrons. The van der Waals surface area contributed by atoms with Crippen LogP contribution in [0.25, 0.3) is 0 Å². The minimum atomic E-state index is 0.646. The molecular formula is C12H20N2S. The lowest BCUT2D eigenvalue weighted by molar-refractivity contribution is 0.526. The third-order valence-corrected chi connectivity index (χ3v) is 3.35. The maximum absolute atomic E-state index is 4.00. The van der Waals surface area contributed by atoms with Crippen molar-refractivity contribution in [3.05, 3.63) is 24.5 Å². The average molecular weight is 224 g/mol. The van der Waals surface area contributed by atoms with Gasteiger partial charge in [-0.15, -0.1) is 11.8 Å². The zero-order valence-corrected chi connectivity index (χ0v) is 10.4. The fourth-order valence-electron chi connectivity index (χ4n) is 1.46. The molecule has 0 amide bonds. The second kappa shape index (κ2) is 7.71. The standard InChI is InChI=1S/C12H20N2S/c1-3-14-11(2)5-4-10-15-12-6-8-13-9-7-12/h6-9,11,14H,3-5,10H2,1-2H3. The molecule has 3 heteroatoms. The van der Waals surface area contributed by atoms with Gasteiger partial charge in [-0.3, -0.25) is 4.98 Å². The van der Waals surface area contributed by atoms with E-state index < -0.39 is 0 Å². The van der Waals surface area contributed by atoms with Crippen molar-refractivity contribution in [2.24, 2.45) is 0 Å². The number of nitrogens with one attached hydrogen (secondary N) is 1. The Hall–Kier alpha value is -0.540. The fourth-order valence-corrected chi connectivity index (χ4v) is 2.33. The van der Waals surface area contributed by atoms with E-state index in [9.17, 15) is 0 Å². The van der Waals surface area contributed by atoms with Crippen LogP contribution in [0.4, 0.5) is 0 Å². The van der Waals surface area contributed by atoms with Crippen molar-refractivity contribution in [2.75, 3.05) is 12.3 Å². The lowest BCUT2D eigenvalue weighted by Crippen LogP contribution is -2.25. The van der Waals surface area contributed by atoms with Crippen LogP contribution >= 0.6 is 11.8 Å². The second-order valence-corrected chi connectivity index (χ2v) is 4.80. The van der Waals surface area contributed by atoms with Gasteiger partial charge in [-0.25, -0.2) is 0 Å².